The average molecular weight is 352 g/mol. The van der Waals surface area contributed by atoms with Crippen LogP contribution in [0.4, 0.5) is 5.69 Å². The number of anilines is 1. The Kier molecular flexibility index (Phi) is 6.46. The molecule has 0 aliphatic carbocycles. The van der Waals surface area contributed by atoms with E-state index in [1.165, 1.54) is 6.92 Å². The minimum atomic E-state index is -0.757. The van der Waals surface area contributed by atoms with Crippen molar-refractivity contribution in [2.45, 2.75) is 6.92 Å². The number of nitriles is 1. The molecule has 0 saturated carbocycles. The number of hydrogen-bond donors (Lipinski definition) is 1. The first-order valence-corrected chi connectivity index (χ1v) is 7.68. The Morgan fingerprint density at radius 2 is 1.73 bits per heavy atom. The van der Waals surface area contributed by atoms with E-state index in [-0.39, 0.29) is 11.5 Å². The SMILES string of the molecule is CC(=O)c1ccccc1NC(=O)COC(=O)COc1ccccc1C#N. The van der Waals surface area contributed by atoms with Gasteiger partial charge in [0.1, 0.15) is 11.8 Å². The number of para-hydroxylation sites is 2. The van der Waals surface area contributed by atoms with Crippen molar-refractivity contribution in [3.8, 4) is 11.8 Å². The molecule has 0 aromatic heterocycles. The van der Waals surface area contributed by atoms with Gasteiger partial charge in [-0.05, 0) is 31.2 Å². The maximum Gasteiger partial charge on any atom is 0.344 e. The normalized spacial score (nSPS) is 9.69. The number of nitrogens with zero attached hydrogens (tertiary/aromatic N) is 1. The summed E-state index contributed by atoms with van der Waals surface area (Å²) in [7, 11) is 0. The predicted octanol–water partition coefficient (Wildman–Crippen LogP) is 2.32. The fourth-order valence-electron chi connectivity index (χ4n) is 2.09. The van der Waals surface area contributed by atoms with Gasteiger partial charge in [0.25, 0.3) is 5.91 Å². The van der Waals surface area contributed by atoms with Gasteiger partial charge < -0.3 is 14.8 Å². The third-order valence-electron chi connectivity index (χ3n) is 3.30. The Morgan fingerprint density at radius 1 is 1.04 bits per heavy atom. The Bertz CT molecular complexity index is 870. The molecule has 1 amide bonds. The van der Waals surface area contributed by atoms with Crippen molar-refractivity contribution in [2.24, 2.45) is 0 Å². The van der Waals surface area contributed by atoms with E-state index in [9.17, 15) is 14.4 Å². The topological polar surface area (TPSA) is 105 Å². The molecule has 0 bridgehead atoms. The molecule has 7 nitrogen and oxygen atoms in total. The second-order valence-corrected chi connectivity index (χ2v) is 5.21. The van der Waals surface area contributed by atoms with Gasteiger partial charge in [-0.15, -0.1) is 0 Å². The van der Waals surface area contributed by atoms with Crippen molar-refractivity contribution in [2.75, 3.05) is 18.5 Å². The molecule has 26 heavy (non-hydrogen) atoms. The lowest BCUT2D eigenvalue weighted by Crippen LogP contribution is -2.24. The zero-order valence-electron chi connectivity index (χ0n) is 14.0. The van der Waals surface area contributed by atoms with Crippen LogP contribution < -0.4 is 10.1 Å². The van der Waals surface area contributed by atoms with Gasteiger partial charge in [0.15, 0.2) is 19.0 Å². The Morgan fingerprint density at radius 3 is 2.46 bits per heavy atom. The van der Waals surface area contributed by atoms with E-state index in [0.717, 1.165) is 0 Å². The molecule has 2 aromatic rings. The van der Waals surface area contributed by atoms with Gasteiger partial charge in [-0.25, -0.2) is 4.79 Å². The van der Waals surface area contributed by atoms with Gasteiger partial charge in [0.05, 0.1) is 11.3 Å². The highest BCUT2D eigenvalue weighted by Crippen LogP contribution is 2.17. The summed E-state index contributed by atoms with van der Waals surface area (Å²) in [5, 5.41) is 11.5. The molecule has 0 unspecified atom stereocenters. The highest BCUT2D eigenvalue weighted by molar-refractivity contribution is 6.04. The Balaban J connectivity index is 1.83. The van der Waals surface area contributed by atoms with Crippen LogP contribution >= 0.6 is 0 Å². The summed E-state index contributed by atoms with van der Waals surface area (Å²) in [6, 6.07) is 14.9. The summed E-state index contributed by atoms with van der Waals surface area (Å²) < 4.78 is 10.0. The molecule has 1 N–H and O–H groups in total. The number of esters is 1. The van der Waals surface area contributed by atoms with Crippen LogP contribution in [-0.2, 0) is 14.3 Å². The summed E-state index contributed by atoms with van der Waals surface area (Å²) >= 11 is 0. The zero-order valence-corrected chi connectivity index (χ0v) is 14.0. The quantitative estimate of drug-likeness (QED) is 0.605. The minimum Gasteiger partial charge on any atom is -0.481 e. The second-order valence-electron chi connectivity index (χ2n) is 5.21. The first-order chi connectivity index (χ1) is 12.5. The summed E-state index contributed by atoms with van der Waals surface area (Å²) in [6.45, 7) is 0.436. The lowest BCUT2D eigenvalue weighted by atomic mass is 10.1. The highest BCUT2D eigenvalue weighted by atomic mass is 16.6. The summed E-state index contributed by atoms with van der Waals surface area (Å²) in [5.74, 6) is -1.27. The maximum absolute atomic E-state index is 11.9. The summed E-state index contributed by atoms with van der Waals surface area (Å²) in [5.41, 5.74) is 1.00. The number of carbonyl (C=O) groups excluding carboxylic acids is 3. The smallest absolute Gasteiger partial charge is 0.344 e. The second kappa shape index (κ2) is 8.99. The molecule has 0 atom stereocenters. The molecule has 2 rings (SSSR count). The fraction of sp³-hybridized carbons (Fsp3) is 0.158. The molecule has 0 radical (unpaired) electrons. The first-order valence-electron chi connectivity index (χ1n) is 7.68. The number of ether oxygens (including phenoxy) is 2. The van der Waals surface area contributed by atoms with Crippen LogP contribution in [-0.4, -0.2) is 30.9 Å². The first kappa shape index (κ1) is 18.7. The van der Waals surface area contributed by atoms with Crippen molar-refractivity contribution < 1.29 is 23.9 Å². The van der Waals surface area contributed by atoms with E-state index in [0.29, 0.717) is 16.8 Å². The number of nitrogens with one attached hydrogen (secondary N) is 1. The lowest BCUT2D eigenvalue weighted by Gasteiger charge is -2.10. The Labute approximate surface area is 150 Å². The van der Waals surface area contributed by atoms with Crippen molar-refractivity contribution in [1.82, 2.24) is 0 Å². The molecule has 0 aliphatic heterocycles. The van der Waals surface area contributed by atoms with Crippen LogP contribution in [0.3, 0.4) is 0 Å². The van der Waals surface area contributed by atoms with Crippen molar-refractivity contribution >= 4 is 23.3 Å². The molecule has 0 heterocycles. The predicted molar refractivity (Wildman–Crippen MR) is 92.7 cm³/mol. The van der Waals surface area contributed by atoms with E-state index in [1.54, 1.807) is 48.5 Å². The Hall–Kier alpha value is -3.66. The van der Waals surface area contributed by atoms with Gasteiger partial charge in [0, 0.05) is 5.56 Å². The molecule has 7 heteroatoms. The van der Waals surface area contributed by atoms with Gasteiger partial charge in [-0.3, -0.25) is 9.59 Å². The molecule has 132 valence electrons. The van der Waals surface area contributed by atoms with Crippen LogP contribution in [0.5, 0.6) is 5.75 Å². The zero-order chi connectivity index (χ0) is 18.9. The molecule has 2 aromatic carbocycles. The number of rotatable bonds is 7. The number of amides is 1. The van der Waals surface area contributed by atoms with Crippen LogP contribution in [0.1, 0.15) is 22.8 Å². The standard InChI is InChI=1S/C19H16N2O5/c1-13(22)15-7-3-4-8-16(15)21-18(23)11-26-19(24)12-25-17-9-5-2-6-14(17)10-20/h2-9H,11-12H2,1H3,(H,21,23). The van der Waals surface area contributed by atoms with Crippen LogP contribution in [0, 0.1) is 11.3 Å². The maximum atomic E-state index is 11.9. The largest absolute Gasteiger partial charge is 0.481 e. The number of benzene rings is 2. The number of carbonyl (C=O) groups is 3. The third kappa shape index (κ3) is 5.18. The van der Waals surface area contributed by atoms with E-state index in [1.807, 2.05) is 6.07 Å². The van der Waals surface area contributed by atoms with Crippen molar-refractivity contribution in [3.63, 3.8) is 0 Å². The highest BCUT2D eigenvalue weighted by Gasteiger charge is 2.12. The molecular formula is C19H16N2O5. The molecule has 0 fully saturated rings. The van der Waals surface area contributed by atoms with E-state index in [4.69, 9.17) is 14.7 Å². The van der Waals surface area contributed by atoms with Crippen LogP contribution in [0.25, 0.3) is 0 Å². The molecular weight excluding hydrogens is 336 g/mol. The van der Waals surface area contributed by atoms with Crippen LogP contribution in [0.2, 0.25) is 0 Å². The van der Waals surface area contributed by atoms with Crippen LogP contribution in [0.15, 0.2) is 48.5 Å². The molecule has 0 saturated heterocycles. The third-order valence-corrected chi connectivity index (χ3v) is 3.30. The minimum absolute atomic E-state index is 0.192. The summed E-state index contributed by atoms with van der Waals surface area (Å²) in [6.07, 6.45) is 0. The number of Topliss-reactive ketones (excluding diaryl/α,β-unsaturated/α-hetero) is 1. The van der Waals surface area contributed by atoms with Gasteiger partial charge in [0.2, 0.25) is 0 Å². The monoisotopic (exact) mass is 352 g/mol. The van der Waals surface area contributed by atoms with Gasteiger partial charge in [-0.1, -0.05) is 24.3 Å². The summed E-state index contributed by atoms with van der Waals surface area (Å²) in [4.78, 5) is 35.1. The fourth-order valence-corrected chi connectivity index (χ4v) is 2.09. The van der Waals surface area contributed by atoms with Crippen molar-refractivity contribution in [3.05, 3.63) is 59.7 Å². The van der Waals surface area contributed by atoms with Gasteiger partial charge in [-0.2, -0.15) is 5.26 Å². The molecule has 0 spiro atoms. The number of hydrogen-bond acceptors (Lipinski definition) is 6. The average Bonchev–Trinajstić information content (AvgIpc) is 2.65. The van der Waals surface area contributed by atoms with Crippen molar-refractivity contribution in [1.29, 1.82) is 5.26 Å². The molecule has 0 aliphatic rings. The van der Waals surface area contributed by atoms with E-state index in [2.05, 4.69) is 5.32 Å². The number of ketones is 1. The van der Waals surface area contributed by atoms with Gasteiger partial charge >= 0.3 is 5.97 Å². The van der Waals surface area contributed by atoms with E-state index >= 15 is 0 Å². The lowest BCUT2D eigenvalue weighted by molar-refractivity contribution is -0.149. The van der Waals surface area contributed by atoms with E-state index < -0.39 is 25.1 Å².